The van der Waals surface area contributed by atoms with Crippen molar-refractivity contribution in [2.24, 2.45) is 0 Å². The van der Waals surface area contributed by atoms with Crippen molar-refractivity contribution in [3.8, 4) is 0 Å². The van der Waals surface area contributed by atoms with E-state index in [4.69, 9.17) is 0 Å². The van der Waals surface area contributed by atoms with Crippen molar-refractivity contribution in [1.82, 2.24) is 15.1 Å². The van der Waals surface area contributed by atoms with Gasteiger partial charge in [0.1, 0.15) is 0 Å². The standard InChI is InChI=1S/C10H21N3/c1-10(2,3)13-7-6-12-5-4-11-9(12)8-13/h9,11H,4-8H2,1-3H3. The van der Waals surface area contributed by atoms with E-state index in [1.54, 1.807) is 0 Å². The van der Waals surface area contributed by atoms with Crippen LogP contribution in [-0.4, -0.2) is 54.2 Å². The number of hydrogen-bond acceptors (Lipinski definition) is 3. The zero-order valence-electron chi connectivity index (χ0n) is 9.01. The minimum Gasteiger partial charge on any atom is -0.299 e. The maximum absolute atomic E-state index is 3.54. The minimum atomic E-state index is 0.330. The summed E-state index contributed by atoms with van der Waals surface area (Å²) in [4.78, 5) is 5.13. The first-order chi connectivity index (χ1) is 6.07. The second-order valence-electron chi connectivity index (χ2n) is 5.12. The summed E-state index contributed by atoms with van der Waals surface area (Å²) in [6, 6.07) is 0. The van der Waals surface area contributed by atoms with E-state index >= 15 is 0 Å². The Labute approximate surface area is 81.1 Å². The molecule has 0 aromatic carbocycles. The monoisotopic (exact) mass is 183 g/mol. The number of nitrogens with zero attached hydrogens (tertiary/aromatic N) is 2. The Kier molecular flexibility index (Phi) is 2.34. The van der Waals surface area contributed by atoms with Gasteiger partial charge in [0.05, 0.1) is 6.17 Å². The summed E-state index contributed by atoms with van der Waals surface area (Å²) in [7, 11) is 0. The van der Waals surface area contributed by atoms with E-state index in [0.29, 0.717) is 11.7 Å². The highest BCUT2D eigenvalue weighted by Crippen LogP contribution is 2.19. The first kappa shape index (κ1) is 9.44. The van der Waals surface area contributed by atoms with Crippen LogP contribution in [0.2, 0.25) is 0 Å². The molecule has 0 aliphatic carbocycles. The Morgan fingerprint density at radius 1 is 1.15 bits per heavy atom. The van der Waals surface area contributed by atoms with Crippen LogP contribution < -0.4 is 5.32 Å². The highest BCUT2D eigenvalue weighted by Gasteiger charge is 2.34. The van der Waals surface area contributed by atoms with Crippen LogP contribution >= 0.6 is 0 Å². The van der Waals surface area contributed by atoms with Gasteiger partial charge in [-0.15, -0.1) is 0 Å². The van der Waals surface area contributed by atoms with Gasteiger partial charge >= 0.3 is 0 Å². The SMILES string of the molecule is CC(C)(C)N1CCN2CCNC2C1. The number of hydrogen-bond donors (Lipinski definition) is 1. The molecule has 0 saturated carbocycles. The van der Waals surface area contributed by atoms with E-state index in [-0.39, 0.29) is 0 Å². The van der Waals surface area contributed by atoms with Gasteiger partial charge in [-0.3, -0.25) is 15.1 Å². The fourth-order valence-electron chi connectivity index (χ4n) is 2.27. The molecule has 1 N–H and O–H groups in total. The number of nitrogens with one attached hydrogen (secondary N) is 1. The minimum absolute atomic E-state index is 0.330. The van der Waals surface area contributed by atoms with Crippen LogP contribution in [0.1, 0.15) is 20.8 Å². The first-order valence-electron chi connectivity index (χ1n) is 5.30. The molecule has 2 aliphatic heterocycles. The van der Waals surface area contributed by atoms with Gasteiger partial charge in [-0.2, -0.15) is 0 Å². The lowest BCUT2D eigenvalue weighted by atomic mass is 10.0. The maximum atomic E-state index is 3.54. The van der Waals surface area contributed by atoms with E-state index in [1.807, 2.05) is 0 Å². The van der Waals surface area contributed by atoms with Gasteiger partial charge in [0.25, 0.3) is 0 Å². The van der Waals surface area contributed by atoms with Gasteiger partial charge < -0.3 is 0 Å². The molecule has 13 heavy (non-hydrogen) atoms. The van der Waals surface area contributed by atoms with E-state index in [2.05, 4.69) is 35.9 Å². The van der Waals surface area contributed by atoms with Crippen LogP contribution in [0.25, 0.3) is 0 Å². The predicted molar refractivity (Wildman–Crippen MR) is 54.7 cm³/mol. The second-order valence-corrected chi connectivity index (χ2v) is 5.12. The van der Waals surface area contributed by atoms with Gasteiger partial charge in [-0.05, 0) is 20.8 Å². The zero-order chi connectivity index (χ0) is 9.47. The molecular formula is C10H21N3. The van der Waals surface area contributed by atoms with Crippen molar-refractivity contribution in [3.63, 3.8) is 0 Å². The van der Waals surface area contributed by atoms with Crippen LogP contribution in [0, 0.1) is 0 Å². The average Bonchev–Trinajstić information content (AvgIpc) is 2.47. The van der Waals surface area contributed by atoms with E-state index < -0.39 is 0 Å². The number of rotatable bonds is 0. The summed E-state index contributed by atoms with van der Waals surface area (Å²) in [5, 5.41) is 3.54. The van der Waals surface area contributed by atoms with Crippen LogP contribution in [0.3, 0.4) is 0 Å². The molecule has 2 heterocycles. The highest BCUT2D eigenvalue weighted by molar-refractivity contribution is 4.90. The van der Waals surface area contributed by atoms with Crippen molar-refractivity contribution in [1.29, 1.82) is 0 Å². The fourth-order valence-corrected chi connectivity index (χ4v) is 2.27. The van der Waals surface area contributed by atoms with E-state index in [0.717, 1.165) is 0 Å². The third kappa shape index (κ3) is 1.87. The fraction of sp³-hybridized carbons (Fsp3) is 1.00. The lowest BCUT2D eigenvalue weighted by Gasteiger charge is -2.44. The molecule has 76 valence electrons. The largest absolute Gasteiger partial charge is 0.299 e. The molecule has 0 aromatic heterocycles. The summed E-state index contributed by atoms with van der Waals surface area (Å²) in [5.74, 6) is 0. The van der Waals surface area contributed by atoms with Crippen molar-refractivity contribution in [2.75, 3.05) is 32.7 Å². The topological polar surface area (TPSA) is 18.5 Å². The van der Waals surface area contributed by atoms with Gasteiger partial charge in [0.2, 0.25) is 0 Å². The molecule has 0 bridgehead atoms. The Bertz CT molecular complexity index is 185. The van der Waals surface area contributed by atoms with Gasteiger partial charge in [0.15, 0.2) is 0 Å². The number of piperazine rings is 1. The Morgan fingerprint density at radius 2 is 1.92 bits per heavy atom. The molecule has 2 rings (SSSR count). The van der Waals surface area contributed by atoms with Gasteiger partial charge in [-0.1, -0.05) is 0 Å². The van der Waals surface area contributed by atoms with Crippen molar-refractivity contribution in [2.45, 2.75) is 32.5 Å². The van der Waals surface area contributed by atoms with Crippen LogP contribution in [0.15, 0.2) is 0 Å². The molecule has 2 fully saturated rings. The lowest BCUT2D eigenvalue weighted by Crippen LogP contribution is -2.58. The third-order valence-electron chi connectivity index (χ3n) is 3.22. The average molecular weight is 183 g/mol. The van der Waals surface area contributed by atoms with Crippen molar-refractivity contribution in [3.05, 3.63) is 0 Å². The van der Waals surface area contributed by atoms with Crippen molar-refractivity contribution < 1.29 is 0 Å². The summed E-state index contributed by atoms with van der Waals surface area (Å²) >= 11 is 0. The van der Waals surface area contributed by atoms with Crippen molar-refractivity contribution >= 4 is 0 Å². The summed E-state index contributed by atoms with van der Waals surface area (Å²) in [6.07, 6.45) is 0.618. The molecule has 2 aliphatic rings. The zero-order valence-corrected chi connectivity index (χ0v) is 9.01. The Morgan fingerprint density at radius 3 is 2.62 bits per heavy atom. The van der Waals surface area contributed by atoms with Gasteiger partial charge in [-0.25, -0.2) is 0 Å². The Hall–Kier alpha value is -0.120. The normalized spacial score (nSPS) is 32.1. The molecule has 0 radical (unpaired) electrons. The molecule has 0 spiro atoms. The molecule has 1 unspecified atom stereocenters. The molecule has 1 atom stereocenters. The third-order valence-corrected chi connectivity index (χ3v) is 3.22. The summed E-state index contributed by atoms with van der Waals surface area (Å²) in [6.45, 7) is 13.0. The smallest absolute Gasteiger partial charge is 0.0729 e. The highest BCUT2D eigenvalue weighted by atomic mass is 15.4. The number of fused-ring (bicyclic) bond motifs is 1. The maximum Gasteiger partial charge on any atom is 0.0729 e. The first-order valence-corrected chi connectivity index (χ1v) is 5.30. The summed E-state index contributed by atoms with van der Waals surface area (Å²) < 4.78 is 0. The predicted octanol–water partition coefficient (Wildman–Crippen LogP) is 0.332. The molecule has 0 aromatic rings. The molecule has 3 heteroatoms. The Balaban J connectivity index is 1.97. The quantitative estimate of drug-likeness (QED) is 0.584. The molecule has 3 nitrogen and oxygen atoms in total. The molecule has 2 saturated heterocycles. The lowest BCUT2D eigenvalue weighted by molar-refractivity contribution is 0.0355. The molecular weight excluding hydrogens is 162 g/mol. The van der Waals surface area contributed by atoms with Crippen LogP contribution in [-0.2, 0) is 0 Å². The van der Waals surface area contributed by atoms with E-state index in [1.165, 1.54) is 32.7 Å². The summed E-state index contributed by atoms with van der Waals surface area (Å²) in [5.41, 5.74) is 0.330. The second kappa shape index (κ2) is 3.23. The van der Waals surface area contributed by atoms with Crippen LogP contribution in [0.4, 0.5) is 0 Å². The van der Waals surface area contributed by atoms with Crippen LogP contribution in [0.5, 0.6) is 0 Å². The van der Waals surface area contributed by atoms with Gasteiger partial charge in [0, 0.05) is 38.3 Å². The molecule has 0 amide bonds. The van der Waals surface area contributed by atoms with E-state index in [9.17, 15) is 0 Å².